The van der Waals surface area contributed by atoms with Crippen LogP contribution < -0.4 is 4.72 Å². The molecule has 1 aliphatic carbocycles. The quantitative estimate of drug-likeness (QED) is 0.497. The minimum absolute atomic E-state index is 0.00130. The third-order valence-electron chi connectivity index (χ3n) is 3.76. The van der Waals surface area contributed by atoms with Gasteiger partial charge in [0.2, 0.25) is 5.12 Å². The van der Waals surface area contributed by atoms with Crippen LogP contribution >= 0.6 is 11.9 Å². The third-order valence-corrected chi connectivity index (χ3v) is 4.46. The zero-order valence-electron chi connectivity index (χ0n) is 11.8. The first-order valence-corrected chi connectivity index (χ1v) is 7.61. The van der Waals surface area contributed by atoms with E-state index in [2.05, 4.69) is 4.72 Å². The van der Waals surface area contributed by atoms with E-state index in [4.69, 9.17) is 0 Å². The van der Waals surface area contributed by atoms with Crippen molar-refractivity contribution in [3.8, 4) is 0 Å². The molecule has 1 aromatic carbocycles. The van der Waals surface area contributed by atoms with Crippen LogP contribution in [0.4, 0.5) is 32.0 Å². The molecular formula is C15H9F6NOS. The summed E-state index contributed by atoms with van der Waals surface area (Å²) in [4.78, 5) is 12.2. The van der Waals surface area contributed by atoms with Crippen LogP contribution in [-0.2, 0) is 11.0 Å². The lowest BCUT2D eigenvalue weighted by Gasteiger charge is -2.22. The Labute approximate surface area is 136 Å². The summed E-state index contributed by atoms with van der Waals surface area (Å²) in [6.45, 7) is 0. The largest absolute Gasteiger partial charge is 0.418 e. The summed E-state index contributed by atoms with van der Waals surface area (Å²) in [7, 11) is 0. The Hall–Kier alpha value is -1.90. The summed E-state index contributed by atoms with van der Waals surface area (Å²) < 4.78 is 81.3. The number of alkyl halides is 6. The molecule has 9 heteroatoms. The van der Waals surface area contributed by atoms with Gasteiger partial charge in [-0.25, -0.2) is 0 Å². The van der Waals surface area contributed by atoms with E-state index < -0.39 is 34.2 Å². The Morgan fingerprint density at radius 3 is 2.38 bits per heavy atom. The molecule has 0 bridgehead atoms. The van der Waals surface area contributed by atoms with Gasteiger partial charge in [-0.2, -0.15) is 26.3 Å². The maximum Gasteiger partial charge on any atom is 0.418 e. The van der Waals surface area contributed by atoms with Crippen molar-refractivity contribution < 1.29 is 31.1 Å². The number of rotatable bonds is 0. The molecule has 0 fully saturated rings. The zero-order valence-corrected chi connectivity index (χ0v) is 12.6. The fraction of sp³-hybridized carbons (Fsp3) is 0.267. The van der Waals surface area contributed by atoms with Crippen molar-refractivity contribution in [2.24, 2.45) is 0 Å². The van der Waals surface area contributed by atoms with Crippen LogP contribution in [0.15, 0.2) is 35.4 Å². The lowest BCUT2D eigenvalue weighted by Crippen LogP contribution is -2.20. The Morgan fingerprint density at radius 2 is 1.75 bits per heavy atom. The summed E-state index contributed by atoms with van der Waals surface area (Å²) in [5, 5.41) is -0.947. The van der Waals surface area contributed by atoms with Gasteiger partial charge in [0.05, 0.1) is 16.8 Å². The number of carbonyl (C=O) groups is 1. The molecule has 1 heterocycles. The summed E-state index contributed by atoms with van der Waals surface area (Å²) in [6.07, 6.45) is -8.46. The molecule has 2 aliphatic rings. The van der Waals surface area contributed by atoms with E-state index in [0.29, 0.717) is 0 Å². The molecule has 128 valence electrons. The molecule has 2 nitrogen and oxygen atoms in total. The van der Waals surface area contributed by atoms with Gasteiger partial charge in [0.25, 0.3) is 0 Å². The molecule has 24 heavy (non-hydrogen) atoms. The number of para-hydroxylation sites is 1. The van der Waals surface area contributed by atoms with E-state index >= 15 is 0 Å². The lowest BCUT2D eigenvalue weighted by molar-refractivity contribution is -0.136. The third kappa shape index (κ3) is 2.81. The molecule has 0 atom stereocenters. The van der Waals surface area contributed by atoms with Gasteiger partial charge in [0.15, 0.2) is 0 Å². The number of fused-ring (bicyclic) bond motifs is 2. The van der Waals surface area contributed by atoms with Crippen LogP contribution in [0.3, 0.4) is 0 Å². The molecule has 3 rings (SSSR count). The van der Waals surface area contributed by atoms with Crippen LogP contribution in [0.2, 0.25) is 0 Å². The van der Waals surface area contributed by atoms with Crippen molar-refractivity contribution in [1.29, 1.82) is 0 Å². The van der Waals surface area contributed by atoms with E-state index in [1.165, 1.54) is 6.07 Å². The number of anilines is 1. The van der Waals surface area contributed by atoms with E-state index in [-0.39, 0.29) is 41.6 Å². The zero-order chi connectivity index (χ0) is 17.7. The summed E-state index contributed by atoms with van der Waals surface area (Å²) in [5.74, 6) is 0. The first-order chi connectivity index (χ1) is 11.1. The van der Waals surface area contributed by atoms with Gasteiger partial charge in [0.1, 0.15) is 0 Å². The average molecular weight is 365 g/mol. The first-order valence-electron chi connectivity index (χ1n) is 6.79. The number of carbonyl (C=O) groups excluding carboxylic acids is 1. The van der Waals surface area contributed by atoms with Crippen molar-refractivity contribution in [3.63, 3.8) is 0 Å². The number of nitrogens with one attached hydrogen (secondary N) is 1. The predicted octanol–water partition coefficient (Wildman–Crippen LogP) is 5.34. The van der Waals surface area contributed by atoms with Gasteiger partial charge in [-0.15, -0.1) is 0 Å². The first kappa shape index (κ1) is 16.9. The maximum absolute atomic E-state index is 13.2. The summed E-state index contributed by atoms with van der Waals surface area (Å²) in [5.41, 5.74) is -3.08. The normalized spacial score (nSPS) is 18.4. The topological polar surface area (TPSA) is 29.1 Å². The van der Waals surface area contributed by atoms with E-state index in [1.54, 1.807) is 0 Å². The number of benzene rings is 1. The van der Waals surface area contributed by atoms with Crippen molar-refractivity contribution >= 4 is 28.3 Å². The maximum atomic E-state index is 13.2. The van der Waals surface area contributed by atoms with E-state index in [9.17, 15) is 31.1 Å². The predicted molar refractivity (Wildman–Crippen MR) is 78.0 cm³/mol. The van der Waals surface area contributed by atoms with Gasteiger partial charge < -0.3 is 4.72 Å². The fourth-order valence-electron chi connectivity index (χ4n) is 2.81. The number of hydrogen-bond donors (Lipinski definition) is 1. The fourth-order valence-corrected chi connectivity index (χ4v) is 3.56. The van der Waals surface area contributed by atoms with Crippen LogP contribution in [0.25, 0.3) is 5.57 Å². The molecule has 1 aliphatic heterocycles. The molecule has 0 saturated carbocycles. The summed E-state index contributed by atoms with van der Waals surface area (Å²) in [6, 6.07) is 3.25. The van der Waals surface area contributed by atoms with Gasteiger partial charge >= 0.3 is 12.4 Å². The van der Waals surface area contributed by atoms with Crippen LogP contribution in [0.5, 0.6) is 0 Å². The molecule has 0 aromatic heterocycles. The highest BCUT2D eigenvalue weighted by Crippen LogP contribution is 2.48. The number of allylic oxidation sites excluding steroid dienone is 3. The van der Waals surface area contributed by atoms with Gasteiger partial charge in [-0.05, 0) is 24.5 Å². The minimum atomic E-state index is -4.75. The Morgan fingerprint density at radius 1 is 1.04 bits per heavy atom. The molecule has 0 radical (unpaired) electrons. The van der Waals surface area contributed by atoms with Crippen LogP contribution in [-0.4, -0.2) is 11.3 Å². The molecule has 0 amide bonds. The highest BCUT2D eigenvalue weighted by molar-refractivity contribution is 8.15. The van der Waals surface area contributed by atoms with Gasteiger partial charge in [0, 0.05) is 23.1 Å². The van der Waals surface area contributed by atoms with E-state index in [1.807, 2.05) is 0 Å². The lowest BCUT2D eigenvalue weighted by atomic mass is 9.85. The van der Waals surface area contributed by atoms with Gasteiger partial charge in [-0.3, -0.25) is 4.79 Å². The molecule has 1 N–H and O–H groups in total. The van der Waals surface area contributed by atoms with Gasteiger partial charge in [-0.1, -0.05) is 18.2 Å². The van der Waals surface area contributed by atoms with Crippen molar-refractivity contribution in [2.45, 2.75) is 25.2 Å². The Kier molecular flexibility index (Phi) is 3.94. The number of hydrogen-bond acceptors (Lipinski definition) is 3. The Balaban J connectivity index is 2.27. The Bertz CT molecular complexity index is 775. The van der Waals surface area contributed by atoms with Crippen LogP contribution in [0.1, 0.15) is 24.0 Å². The molecule has 0 saturated heterocycles. The second-order valence-corrected chi connectivity index (χ2v) is 6.00. The average Bonchev–Trinajstić information content (AvgIpc) is 2.63. The smallest absolute Gasteiger partial charge is 0.322 e. The monoisotopic (exact) mass is 365 g/mol. The highest BCUT2D eigenvalue weighted by atomic mass is 32.2. The minimum Gasteiger partial charge on any atom is -0.322 e. The second-order valence-electron chi connectivity index (χ2n) is 5.23. The molecule has 0 unspecified atom stereocenters. The van der Waals surface area contributed by atoms with Crippen molar-refractivity contribution in [3.05, 3.63) is 46.5 Å². The van der Waals surface area contributed by atoms with Crippen molar-refractivity contribution in [2.75, 3.05) is 4.72 Å². The standard InChI is InChI=1S/C15H9F6NOS/c16-14(17,18)9-5-1-3-7-8-4-2-6-10(15(19,20)21)12(8)22-24-13(23)11(7)9/h2,4-6,22H,1,3H2. The molecule has 1 aromatic rings. The number of halogens is 6. The highest BCUT2D eigenvalue weighted by Gasteiger charge is 2.43. The van der Waals surface area contributed by atoms with Crippen molar-refractivity contribution in [1.82, 2.24) is 0 Å². The second kappa shape index (κ2) is 5.58. The van der Waals surface area contributed by atoms with Crippen LogP contribution in [0, 0.1) is 0 Å². The SMILES string of the molecule is O=C1SNc2c(cccc2C(F)(F)F)C2=C1C(C(F)(F)F)=CCC2. The molecule has 0 spiro atoms. The summed E-state index contributed by atoms with van der Waals surface area (Å²) >= 11 is 0.230. The van der Waals surface area contributed by atoms with E-state index in [0.717, 1.165) is 18.2 Å². The molecular weight excluding hydrogens is 356 g/mol.